The number of amides is 2. The summed E-state index contributed by atoms with van der Waals surface area (Å²) in [7, 11) is 0. The number of aromatic nitrogens is 2. The van der Waals surface area contributed by atoms with E-state index < -0.39 is 6.04 Å². The number of rotatable bonds is 6. The third-order valence-electron chi connectivity index (χ3n) is 4.63. The average Bonchev–Trinajstić information content (AvgIpc) is 2.71. The van der Waals surface area contributed by atoms with Crippen LogP contribution in [0.25, 0.3) is 11.0 Å². The molecule has 0 radical (unpaired) electrons. The molecule has 0 fully saturated rings. The molecular weight excluding hydrogens is 376 g/mol. The van der Waals surface area contributed by atoms with E-state index in [9.17, 15) is 9.59 Å². The Kier molecular flexibility index (Phi) is 6.21. The molecule has 28 heavy (non-hydrogen) atoms. The van der Waals surface area contributed by atoms with Crippen LogP contribution in [0.4, 0.5) is 5.69 Å². The zero-order valence-corrected chi connectivity index (χ0v) is 16.4. The zero-order valence-electron chi connectivity index (χ0n) is 15.6. The molecule has 0 aliphatic rings. The van der Waals surface area contributed by atoms with E-state index in [2.05, 4.69) is 20.6 Å². The van der Waals surface area contributed by atoms with E-state index in [1.54, 1.807) is 54.9 Å². The van der Waals surface area contributed by atoms with E-state index in [4.69, 9.17) is 11.6 Å². The van der Waals surface area contributed by atoms with Crippen LogP contribution < -0.4 is 10.6 Å². The molecule has 0 spiro atoms. The molecule has 2 atom stereocenters. The van der Waals surface area contributed by atoms with E-state index in [-0.39, 0.29) is 17.7 Å². The molecule has 144 valence electrons. The zero-order chi connectivity index (χ0) is 20.1. The van der Waals surface area contributed by atoms with Gasteiger partial charge in [0.15, 0.2) is 0 Å². The molecule has 2 aromatic carbocycles. The molecule has 0 saturated heterocycles. The molecule has 0 aliphatic carbocycles. The molecule has 0 aliphatic heterocycles. The molecule has 6 nitrogen and oxygen atoms in total. The van der Waals surface area contributed by atoms with Gasteiger partial charge in [-0.05, 0) is 48.4 Å². The number of carbonyl (C=O) groups excluding carboxylic acids is 2. The van der Waals surface area contributed by atoms with Crippen molar-refractivity contribution in [3.63, 3.8) is 0 Å². The van der Waals surface area contributed by atoms with Crippen molar-refractivity contribution in [1.82, 2.24) is 15.3 Å². The van der Waals surface area contributed by atoms with Gasteiger partial charge in [0.1, 0.15) is 6.04 Å². The van der Waals surface area contributed by atoms with Crippen molar-refractivity contribution in [3.8, 4) is 0 Å². The van der Waals surface area contributed by atoms with E-state index in [0.29, 0.717) is 21.8 Å². The number of halogens is 1. The lowest BCUT2D eigenvalue weighted by molar-refractivity contribution is -0.119. The summed E-state index contributed by atoms with van der Waals surface area (Å²) in [5.41, 5.74) is 2.49. The van der Waals surface area contributed by atoms with Crippen molar-refractivity contribution in [2.75, 3.05) is 5.32 Å². The summed E-state index contributed by atoms with van der Waals surface area (Å²) in [4.78, 5) is 33.9. The van der Waals surface area contributed by atoms with Gasteiger partial charge < -0.3 is 10.6 Å². The molecule has 7 heteroatoms. The highest BCUT2D eigenvalue weighted by Gasteiger charge is 2.26. The largest absolute Gasteiger partial charge is 0.340 e. The standard InChI is InChI=1S/C21H21ClN4O2/c1-3-13(2)19(26-20(27)14-4-6-15(22)7-5-14)21(28)25-16-8-9-17-18(12-16)24-11-10-23-17/h4-13,19H,3H2,1-2H3,(H,25,28)(H,26,27). The Hall–Kier alpha value is -2.99. The third kappa shape index (κ3) is 4.64. The summed E-state index contributed by atoms with van der Waals surface area (Å²) >= 11 is 5.87. The van der Waals surface area contributed by atoms with Crippen molar-refractivity contribution in [2.24, 2.45) is 5.92 Å². The molecule has 0 saturated carbocycles. The minimum absolute atomic E-state index is 0.0449. The maximum absolute atomic E-state index is 12.9. The first-order valence-electron chi connectivity index (χ1n) is 9.06. The Bertz CT molecular complexity index is 991. The third-order valence-corrected chi connectivity index (χ3v) is 4.88. The second-order valence-corrected chi connectivity index (χ2v) is 7.03. The predicted octanol–water partition coefficient (Wildman–Crippen LogP) is 4.07. The summed E-state index contributed by atoms with van der Waals surface area (Å²) in [6.07, 6.45) is 3.95. The fourth-order valence-corrected chi connectivity index (χ4v) is 2.91. The first-order valence-corrected chi connectivity index (χ1v) is 9.43. The fraction of sp³-hybridized carbons (Fsp3) is 0.238. The molecule has 3 rings (SSSR count). The second-order valence-electron chi connectivity index (χ2n) is 6.59. The van der Waals surface area contributed by atoms with Gasteiger partial charge in [0.25, 0.3) is 5.91 Å². The van der Waals surface area contributed by atoms with Gasteiger partial charge in [-0.15, -0.1) is 0 Å². The Morgan fingerprint density at radius 1 is 1.04 bits per heavy atom. The highest BCUT2D eigenvalue weighted by atomic mass is 35.5. The molecule has 2 unspecified atom stereocenters. The van der Waals surface area contributed by atoms with Gasteiger partial charge in [-0.3, -0.25) is 19.6 Å². The predicted molar refractivity (Wildman–Crippen MR) is 110 cm³/mol. The summed E-state index contributed by atoms with van der Waals surface area (Å²) in [6, 6.07) is 11.2. The molecule has 2 N–H and O–H groups in total. The molecule has 1 heterocycles. The van der Waals surface area contributed by atoms with Crippen molar-refractivity contribution >= 4 is 40.1 Å². The van der Waals surface area contributed by atoms with Crippen LogP contribution in [0.15, 0.2) is 54.9 Å². The highest BCUT2D eigenvalue weighted by molar-refractivity contribution is 6.30. The molecule has 3 aromatic rings. The van der Waals surface area contributed by atoms with Crippen molar-refractivity contribution in [1.29, 1.82) is 0 Å². The highest BCUT2D eigenvalue weighted by Crippen LogP contribution is 2.17. The fourth-order valence-electron chi connectivity index (χ4n) is 2.79. The number of hydrogen-bond acceptors (Lipinski definition) is 4. The van der Waals surface area contributed by atoms with Crippen LogP contribution in [0.1, 0.15) is 30.6 Å². The second kappa shape index (κ2) is 8.80. The normalized spacial score (nSPS) is 13.0. The minimum atomic E-state index is -0.675. The van der Waals surface area contributed by atoms with E-state index in [1.165, 1.54) is 0 Å². The average molecular weight is 397 g/mol. The quantitative estimate of drug-likeness (QED) is 0.657. The van der Waals surface area contributed by atoms with Gasteiger partial charge in [0.05, 0.1) is 11.0 Å². The van der Waals surface area contributed by atoms with E-state index in [1.807, 2.05) is 13.8 Å². The maximum Gasteiger partial charge on any atom is 0.251 e. The van der Waals surface area contributed by atoms with Gasteiger partial charge in [-0.25, -0.2) is 0 Å². The number of anilines is 1. The lowest BCUT2D eigenvalue weighted by Gasteiger charge is -2.23. The summed E-state index contributed by atoms with van der Waals surface area (Å²) in [5, 5.41) is 6.26. The van der Waals surface area contributed by atoms with Gasteiger partial charge in [-0.2, -0.15) is 0 Å². The number of benzene rings is 2. The summed E-state index contributed by atoms with van der Waals surface area (Å²) in [6.45, 7) is 3.91. The molecule has 1 aromatic heterocycles. The maximum atomic E-state index is 12.9. The van der Waals surface area contributed by atoms with Crippen molar-refractivity contribution < 1.29 is 9.59 Å². The minimum Gasteiger partial charge on any atom is -0.340 e. The van der Waals surface area contributed by atoms with Crippen molar-refractivity contribution in [3.05, 3.63) is 65.4 Å². The Labute approximate surface area is 168 Å². The van der Waals surface area contributed by atoms with Crippen molar-refractivity contribution in [2.45, 2.75) is 26.3 Å². The van der Waals surface area contributed by atoms with Crippen LogP contribution in [-0.4, -0.2) is 27.8 Å². The molecule has 2 amide bonds. The monoisotopic (exact) mass is 396 g/mol. The van der Waals surface area contributed by atoms with Crippen LogP contribution in [-0.2, 0) is 4.79 Å². The van der Waals surface area contributed by atoms with E-state index >= 15 is 0 Å². The summed E-state index contributed by atoms with van der Waals surface area (Å²) in [5.74, 6) is -0.641. The van der Waals surface area contributed by atoms with E-state index in [0.717, 1.165) is 11.9 Å². The SMILES string of the molecule is CCC(C)C(NC(=O)c1ccc(Cl)cc1)C(=O)Nc1ccc2nccnc2c1. The first-order chi connectivity index (χ1) is 13.5. The van der Waals surface area contributed by atoms with Crippen LogP contribution in [0.2, 0.25) is 5.02 Å². The lowest BCUT2D eigenvalue weighted by atomic mass is 9.97. The Morgan fingerprint density at radius 2 is 1.71 bits per heavy atom. The Balaban J connectivity index is 1.76. The number of nitrogens with zero attached hydrogens (tertiary/aromatic N) is 2. The molecule has 0 bridgehead atoms. The number of fused-ring (bicyclic) bond motifs is 1. The van der Waals surface area contributed by atoms with Gasteiger partial charge in [0, 0.05) is 28.7 Å². The smallest absolute Gasteiger partial charge is 0.251 e. The van der Waals surface area contributed by atoms with Crippen LogP contribution in [0.3, 0.4) is 0 Å². The number of carbonyl (C=O) groups is 2. The van der Waals surface area contributed by atoms with Gasteiger partial charge in [0.2, 0.25) is 5.91 Å². The van der Waals surface area contributed by atoms with Crippen LogP contribution >= 0.6 is 11.6 Å². The van der Waals surface area contributed by atoms with Crippen LogP contribution in [0, 0.1) is 5.92 Å². The van der Waals surface area contributed by atoms with Gasteiger partial charge >= 0.3 is 0 Å². The first kappa shape index (κ1) is 19.8. The van der Waals surface area contributed by atoms with Crippen LogP contribution in [0.5, 0.6) is 0 Å². The lowest BCUT2D eigenvalue weighted by Crippen LogP contribution is -2.47. The summed E-state index contributed by atoms with van der Waals surface area (Å²) < 4.78 is 0. The Morgan fingerprint density at radius 3 is 2.39 bits per heavy atom. The molecular formula is C21H21ClN4O2. The van der Waals surface area contributed by atoms with Gasteiger partial charge in [-0.1, -0.05) is 31.9 Å². The number of nitrogens with one attached hydrogen (secondary N) is 2. The topological polar surface area (TPSA) is 84.0 Å². The number of hydrogen-bond donors (Lipinski definition) is 2.